The number of ketones is 1. The first-order valence-electron chi connectivity index (χ1n) is 11.7. The van der Waals surface area contributed by atoms with E-state index in [-0.39, 0.29) is 28.7 Å². The minimum atomic E-state index is -0.687. The SMILES string of the molecule is O=C(CN(C(=O)c1ccc(Cl)cc1)N1C(=O)[C@@H]2[C@H]3C=C[C@@H]([C@@H]4C[C@@H]34)[C@H]2C1=O)c1ccc([N+](=O)[O-])cc1. The lowest BCUT2D eigenvalue weighted by molar-refractivity contribution is -0.384. The van der Waals surface area contributed by atoms with E-state index >= 15 is 0 Å². The molecule has 10 heteroatoms. The number of rotatable bonds is 6. The third-order valence-electron chi connectivity index (χ3n) is 7.90. The first-order chi connectivity index (χ1) is 17.3. The predicted molar refractivity (Wildman–Crippen MR) is 126 cm³/mol. The standard InChI is InChI=1S/C26H20ClN3O6/c27-15-5-1-14(2-6-15)24(32)28(12-21(31)13-3-7-16(8-4-13)30(35)36)29-25(33)22-17-9-10-18(20-11-19(17)20)23(22)26(29)34/h1-10,17-20,22-23H,11-12H2/t17-,18-,19-,20-,22+,23+/m0/s1. The van der Waals surface area contributed by atoms with Gasteiger partial charge in [0.15, 0.2) is 5.78 Å². The second-order valence-corrected chi connectivity index (χ2v) is 10.2. The number of carbonyl (C=O) groups is 4. The Labute approximate surface area is 210 Å². The molecule has 36 heavy (non-hydrogen) atoms. The van der Waals surface area contributed by atoms with Crippen LogP contribution in [-0.4, -0.2) is 45.0 Å². The number of amides is 3. The fourth-order valence-corrected chi connectivity index (χ4v) is 6.28. The van der Waals surface area contributed by atoms with Crippen LogP contribution in [-0.2, 0) is 9.59 Å². The number of halogens is 1. The lowest BCUT2D eigenvalue weighted by Gasteiger charge is -2.37. The molecule has 7 rings (SSSR count). The quantitative estimate of drug-likeness (QED) is 0.195. The molecule has 2 aromatic rings. The summed E-state index contributed by atoms with van der Waals surface area (Å²) < 4.78 is 0. The molecule has 6 atom stereocenters. The third kappa shape index (κ3) is 3.37. The van der Waals surface area contributed by atoms with Crippen LogP contribution in [0.2, 0.25) is 5.02 Å². The number of non-ortho nitro benzene ring substituents is 1. The number of nitro groups is 1. The van der Waals surface area contributed by atoms with E-state index in [4.69, 9.17) is 11.6 Å². The molecule has 9 nitrogen and oxygen atoms in total. The van der Waals surface area contributed by atoms with Gasteiger partial charge in [-0.1, -0.05) is 23.8 Å². The van der Waals surface area contributed by atoms with Gasteiger partial charge in [-0.3, -0.25) is 29.3 Å². The Hall–Kier alpha value is -3.85. The van der Waals surface area contributed by atoms with Crippen molar-refractivity contribution in [3.63, 3.8) is 0 Å². The van der Waals surface area contributed by atoms with Crippen LogP contribution in [0.15, 0.2) is 60.7 Å². The van der Waals surface area contributed by atoms with Crippen molar-refractivity contribution in [2.24, 2.45) is 35.5 Å². The number of benzene rings is 2. The van der Waals surface area contributed by atoms with Gasteiger partial charge in [0, 0.05) is 28.3 Å². The maximum Gasteiger partial charge on any atom is 0.273 e. The van der Waals surface area contributed by atoms with Crippen LogP contribution >= 0.6 is 11.6 Å². The van der Waals surface area contributed by atoms with Crippen LogP contribution in [0.4, 0.5) is 5.69 Å². The summed E-state index contributed by atoms with van der Waals surface area (Å²) in [6.45, 7) is -0.578. The van der Waals surface area contributed by atoms with Crippen LogP contribution in [0.3, 0.4) is 0 Å². The summed E-state index contributed by atoms with van der Waals surface area (Å²) in [6.07, 6.45) is 5.06. The van der Waals surface area contributed by atoms with Gasteiger partial charge in [0.05, 0.1) is 16.8 Å². The maximum atomic E-state index is 13.6. The molecule has 2 saturated carbocycles. The highest BCUT2D eigenvalue weighted by atomic mass is 35.5. The van der Waals surface area contributed by atoms with Crippen LogP contribution in [0, 0.1) is 45.6 Å². The Bertz CT molecular complexity index is 1320. The van der Waals surface area contributed by atoms with Crippen molar-refractivity contribution in [1.29, 1.82) is 0 Å². The van der Waals surface area contributed by atoms with Crippen molar-refractivity contribution in [3.8, 4) is 0 Å². The molecule has 0 N–H and O–H groups in total. The highest BCUT2D eigenvalue weighted by molar-refractivity contribution is 6.30. The molecule has 0 spiro atoms. The molecule has 0 radical (unpaired) electrons. The topological polar surface area (TPSA) is 118 Å². The van der Waals surface area contributed by atoms with E-state index in [1.807, 2.05) is 12.2 Å². The third-order valence-corrected chi connectivity index (χ3v) is 8.15. The van der Waals surface area contributed by atoms with E-state index in [0.29, 0.717) is 16.9 Å². The average Bonchev–Trinajstić information content (AvgIpc) is 3.66. The van der Waals surface area contributed by atoms with Crippen molar-refractivity contribution in [1.82, 2.24) is 10.0 Å². The normalized spacial score (nSPS) is 29.1. The number of nitrogens with zero attached hydrogens (tertiary/aromatic N) is 3. The van der Waals surface area contributed by atoms with E-state index < -0.39 is 46.8 Å². The number of hydrogen-bond acceptors (Lipinski definition) is 6. The zero-order chi connectivity index (χ0) is 25.3. The summed E-state index contributed by atoms with van der Waals surface area (Å²) in [5, 5.41) is 13.1. The van der Waals surface area contributed by atoms with Crippen LogP contribution < -0.4 is 0 Å². The van der Waals surface area contributed by atoms with E-state index in [1.54, 1.807) is 0 Å². The fraction of sp³-hybridized carbons (Fsp3) is 0.308. The molecule has 2 aromatic carbocycles. The van der Waals surface area contributed by atoms with Gasteiger partial charge in [-0.05, 0) is 66.5 Å². The second kappa shape index (κ2) is 8.09. The summed E-state index contributed by atoms with van der Waals surface area (Å²) in [6, 6.07) is 10.9. The summed E-state index contributed by atoms with van der Waals surface area (Å²) >= 11 is 5.96. The Morgan fingerprint density at radius 3 is 1.97 bits per heavy atom. The molecule has 4 aliphatic carbocycles. The molecule has 2 bridgehead atoms. The van der Waals surface area contributed by atoms with Gasteiger partial charge in [-0.2, -0.15) is 5.01 Å². The van der Waals surface area contributed by atoms with E-state index in [0.717, 1.165) is 16.4 Å². The summed E-state index contributed by atoms with van der Waals surface area (Å²) in [5.74, 6) is -2.55. The molecule has 1 aliphatic heterocycles. The second-order valence-electron chi connectivity index (χ2n) is 9.74. The van der Waals surface area contributed by atoms with Gasteiger partial charge >= 0.3 is 0 Å². The number of carbonyl (C=O) groups excluding carboxylic acids is 4. The lowest BCUT2D eigenvalue weighted by atomic mass is 9.63. The van der Waals surface area contributed by atoms with Gasteiger partial charge in [0.25, 0.3) is 23.4 Å². The lowest BCUT2D eigenvalue weighted by Crippen LogP contribution is -2.52. The monoisotopic (exact) mass is 505 g/mol. The van der Waals surface area contributed by atoms with E-state index in [9.17, 15) is 29.3 Å². The Morgan fingerprint density at radius 2 is 1.44 bits per heavy atom. The Kier molecular flexibility index (Phi) is 5.08. The predicted octanol–water partition coefficient (Wildman–Crippen LogP) is 3.54. The van der Waals surface area contributed by atoms with Gasteiger partial charge in [-0.15, -0.1) is 0 Å². The smallest absolute Gasteiger partial charge is 0.273 e. The molecule has 0 aromatic heterocycles. The molecular formula is C26H20ClN3O6. The number of nitro benzene ring substituents is 1. The first kappa shape index (κ1) is 22.6. The van der Waals surface area contributed by atoms with Gasteiger partial charge in [0.1, 0.15) is 6.54 Å². The fourth-order valence-electron chi connectivity index (χ4n) is 6.15. The molecule has 5 aliphatic rings. The van der Waals surface area contributed by atoms with Crippen molar-refractivity contribution in [2.45, 2.75) is 6.42 Å². The van der Waals surface area contributed by atoms with Crippen molar-refractivity contribution in [3.05, 3.63) is 86.9 Å². The average molecular weight is 506 g/mol. The molecular weight excluding hydrogens is 486 g/mol. The number of hydrazine groups is 1. The molecule has 3 amide bonds. The van der Waals surface area contributed by atoms with E-state index in [1.165, 1.54) is 48.5 Å². The van der Waals surface area contributed by atoms with Crippen molar-refractivity contribution in [2.75, 3.05) is 6.54 Å². The van der Waals surface area contributed by atoms with Crippen LogP contribution in [0.5, 0.6) is 0 Å². The highest BCUT2D eigenvalue weighted by Gasteiger charge is 2.68. The van der Waals surface area contributed by atoms with Gasteiger partial charge < -0.3 is 0 Å². The number of Topliss-reactive ketones (excluding diaryl/α,β-unsaturated/α-hetero) is 1. The Morgan fingerprint density at radius 1 is 0.917 bits per heavy atom. The summed E-state index contributed by atoms with van der Waals surface area (Å²) in [4.78, 5) is 64.4. The van der Waals surface area contributed by atoms with E-state index in [2.05, 4.69) is 0 Å². The van der Waals surface area contributed by atoms with Crippen molar-refractivity contribution < 1.29 is 24.1 Å². The molecule has 1 saturated heterocycles. The number of imide groups is 1. The largest absolute Gasteiger partial charge is 0.292 e. The number of allylic oxidation sites excluding steroid dienone is 2. The Balaban J connectivity index is 1.34. The highest BCUT2D eigenvalue weighted by Crippen LogP contribution is 2.65. The number of hydrogen-bond donors (Lipinski definition) is 0. The first-order valence-corrected chi connectivity index (χ1v) is 12.0. The minimum absolute atomic E-state index is 0.0377. The zero-order valence-corrected chi connectivity index (χ0v) is 19.6. The molecule has 1 heterocycles. The zero-order valence-electron chi connectivity index (χ0n) is 18.8. The molecule has 182 valence electrons. The van der Waals surface area contributed by atoms with Gasteiger partial charge in [0.2, 0.25) is 0 Å². The summed E-state index contributed by atoms with van der Waals surface area (Å²) in [7, 11) is 0. The van der Waals surface area contributed by atoms with Crippen LogP contribution in [0.25, 0.3) is 0 Å². The summed E-state index contributed by atoms with van der Waals surface area (Å²) in [5.41, 5.74) is 0.0977. The van der Waals surface area contributed by atoms with Gasteiger partial charge in [-0.25, -0.2) is 5.01 Å². The molecule has 0 unspecified atom stereocenters. The van der Waals surface area contributed by atoms with Crippen LogP contribution in [0.1, 0.15) is 27.1 Å². The minimum Gasteiger partial charge on any atom is -0.292 e. The van der Waals surface area contributed by atoms with Crippen molar-refractivity contribution >= 4 is 40.8 Å². The maximum absolute atomic E-state index is 13.6. The molecule has 3 fully saturated rings.